The summed E-state index contributed by atoms with van der Waals surface area (Å²) in [6, 6.07) is 6.67. The Balaban J connectivity index is 2.62. The Kier molecular flexibility index (Phi) is 6.68. The molecule has 0 aliphatic rings. The zero-order valence-electron chi connectivity index (χ0n) is 12.6. The van der Waals surface area contributed by atoms with Gasteiger partial charge in [0.25, 0.3) is 0 Å². The molecule has 0 aliphatic heterocycles. The number of hydrogen-bond acceptors (Lipinski definition) is 4. The van der Waals surface area contributed by atoms with Crippen LogP contribution in [0.15, 0.2) is 24.3 Å². The van der Waals surface area contributed by atoms with Crippen molar-refractivity contribution in [2.45, 2.75) is 33.3 Å². The molecule has 1 aromatic rings. The van der Waals surface area contributed by atoms with E-state index in [-0.39, 0.29) is 5.91 Å². The van der Waals surface area contributed by atoms with Crippen molar-refractivity contribution in [2.24, 2.45) is 5.92 Å². The number of hydrogen-bond donors (Lipinski definition) is 3. The van der Waals surface area contributed by atoms with Crippen LogP contribution in [0.25, 0.3) is 0 Å². The predicted molar refractivity (Wildman–Crippen MR) is 81.2 cm³/mol. The third-order valence-corrected chi connectivity index (χ3v) is 3.03. The maximum absolute atomic E-state index is 12.0. The minimum Gasteiger partial charge on any atom is -0.450 e. The van der Waals surface area contributed by atoms with Gasteiger partial charge in [-0.3, -0.25) is 10.1 Å². The number of carbonyl (C=O) groups is 2. The van der Waals surface area contributed by atoms with E-state index in [0.29, 0.717) is 24.4 Å². The van der Waals surface area contributed by atoms with Crippen molar-refractivity contribution in [3.05, 3.63) is 24.3 Å². The molecule has 0 fully saturated rings. The fourth-order valence-corrected chi connectivity index (χ4v) is 1.90. The topological polar surface area (TPSA) is 87.7 Å². The number of rotatable bonds is 6. The molecule has 116 valence electrons. The van der Waals surface area contributed by atoms with E-state index in [2.05, 4.69) is 10.6 Å². The zero-order chi connectivity index (χ0) is 15.8. The summed E-state index contributed by atoms with van der Waals surface area (Å²) in [5.41, 5.74) is 1.18. The first-order chi connectivity index (χ1) is 9.97. The van der Waals surface area contributed by atoms with Gasteiger partial charge < -0.3 is 15.2 Å². The van der Waals surface area contributed by atoms with E-state index in [4.69, 9.17) is 4.74 Å². The van der Waals surface area contributed by atoms with Gasteiger partial charge >= 0.3 is 6.09 Å². The van der Waals surface area contributed by atoms with Crippen LogP contribution < -0.4 is 10.6 Å². The summed E-state index contributed by atoms with van der Waals surface area (Å²) in [6.07, 6.45) is -0.652. The monoisotopic (exact) mass is 294 g/mol. The highest BCUT2D eigenvalue weighted by atomic mass is 16.5. The van der Waals surface area contributed by atoms with E-state index in [1.54, 1.807) is 38.1 Å². The van der Waals surface area contributed by atoms with Crippen molar-refractivity contribution >= 4 is 23.4 Å². The molecule has 3 N–H and O–H groups in total. The van der Waals surface area contributed by atoms with Crippen molar-refractivity contribution < 1.29 is 19.4 Å². The Labute approximate surface area is 124 Å². The molecule has 0 saturated heterocycles. The summed E-state index contributed by atoms with van der Waals surface area (Å²) in [6.45, 7) is 5.48. The van der Waals surface area contributed by atoms with E-state index < -0.39 is 18.1 Å². The normalized spacial score (nSPS) is 13.1. The standard InChI is InChI=1S/C15H22N2O4/c1-4-13(10(3)18)14(19)16-11-6-8-12(9-7-11)17-15(20)21-5-2/h6-10,13,18H,4-5H2,1-3H3,(H,16,19)(H,17,20)/t10-,13-/m1/s1. The van der Waals surface area contributed by atoms with Crippen LogP contribution >= 0.6 is 0 Å². The zero-order valence-corrected chi connectivity index (χ0v) is 12.6. The molecule has 0 unspecified atom stereocenters. The first kappa shape index (κ1) is 17.0. The average molecular weight is 294 g/mol. The van der Waals surface area contributed by atoms with Crippen molar-refractivity contribution in [1.82, 2.24) is 0 Å². The van der Waals surface area contributed by atoms with Gasteiger partial charge in [0.05, 0.1) is 18.6 Å². The molecule has 21 heavy (non-hydrogen) atoms. The molecular weight excluding hydrogens is 272 g/mol. The lowest BCUT2D eigenvalue weighted by Crippen LogP contribution is -2.30. The first-order valence-electron chi connectivity index (χ1n) is 7.00. The van der Waals surface area contributed by atoms with Gasteiger partial charge in [-0.05, 0) is 44.5 Å². The maximum atomic E-state index is 12.0. The van der Waals surface area contributed by atoms with Gasteiger partial charge in [-0.1, -0.05) is 6.92 Å². The van der Waals surface area contributed by atoms with Crippen LogP contribution in [0, 0.1) is 5.92 Å². The lowest BCUT2D eigenvalue weighted by atomic mass is 10.00. The summed E-state index contributed by atoms with van der Waals surface area (Å²) in [5.74, 6) is -0.666. The highest BCUT2D eigenvalue weighted by molar-refractivity contribution is 5.93. The third kappa shape index (κ3) is 5.43. The Morgan fingerprint density at radius 3 is 2.10 bits per heavy atom. The van der Waals surface area contributed by atoms with Crippen molar-refractivity contribution in [3.8, 4) is 0 Å². The lowest BCUT2D eigenvalue weighted by Gasteiger charge is -2.17. The number of amides is 2. The minimum absolute atomic E-state index is 0.224. The van der Waals surface area contributed by atoms with E-state index in [9.17, 15) is 14.7 Å². The number of anilines is 2. The van der Waals surface area contributed by atoms with Crippen LogP contribution in [-0.2, 0) is 9.53 Å². The summed E-state index contributed by atoms with van der Waals surface area (Å²) in [4.78, 5) is 23.2. The van der Waals surface area contributed by atoms with E-state index in [1.165, 1.54) is 0 Å². The predicted octanol–water partition coefficient (Wildman–Crippen LogP) is 2.60. The molecular formula is C15H22N2O4. The number of nitrogens with one attached hydrogen (secondary N) is 2. The molecule has 6 nitrogen and oxygen atoms in total. The number of carbonyl (C=O) groups excluding carboxylic acids is 2. The van der Waals surface area contributed by atoms with Gasteiger partial charge in [0, 0.05) is 11.4 Å². The van der Waals surface area contributed by atoms with Gasteiger partial charge in [-0.25, -0.2) is 4.79 Å². The molecule has 2 atom stereocenters. The van der Waals surface area contributed by atoms with Crippen LogP contribution in [0.1, 0.15) is 27.2 Å². The van der Waals surface area contributed by atoms with Crippen LogP contribution in [0.2, 0.25) is 0 Å². The molecule has 1 aromatic carbocycles. The number of aliphatic hydroxyl groups excluding tert-OH is 1. The molecule has 1 rings (SSSR count). The molecule has 6 heteroatoms. The van der Waals surface area contributed by atoms with Gasteiger partial charge in [0.2, 0.25) is 5.91 Å². The maximum Gasteiger partial charge on any atom is 0.411 e. The number of benzene rings is 1. The van der Waals surface area contributed by atoms with Gasteiger partial charge in [0.1, 0.15) is 0 Å². The Morgan fingerprint density at radius 2 is 1.67 bits per heavy atom. The summed E-state index contributed by atoms with van der Waals surface area (Å²) in [7, 11) is 0. The average Bonchev–Trinajstić information content (AvgIpc) is 2.41. The Bertz CT molecular complexity index is 471. The van der Waals surface area contributed by atoms with E-state index in [0.717, 1.165) is 0 Å². The summed E-state index contributed by atoms with van der Waals surface area (Å²) >= 11 is 0. The van der Waals surface area contributed by atoms with E-state index in [1.807, 2.05) is 6.92 Å². The van der Waals surface area contributed by atoms with Gasteiger partial charge in [-0.15, -0.1) is 0 Å². The lowest BCUT2D eigenvalue weighted by molar-refractivity contribution is -0.123. The summed E-state index contributed by atoms with van der Waals surface area (Å²) in [5, 5.41) is 14.8. The smallest absolute Gasteiger partial charge is 0.411 e. The highest BCUT2D eigenvalue weighted by Gasteiger charge is 2.21. The van der Waals surface area contributed by atoms with Crippen molar-refractivity contribution in [3.63, 3.8) is 0 Å². The second-order valence-electron chi connectivity index (χ2n) is 4.67. The van der Waals surface area contributed by atoms with Crippen LogP contribution in [0.5, 0.6) is 0 Å². The molecule has 0 aromatic heterocycles. The Hall–Kier alpha value is -2.08. The molecule has 0 heterocycles. The van der Waals surface area contributed by atoms with Crippen LogP contribution in [-0.4, -0.2) is 29.8 Å². The first-order valence-corrected chi connectivity index (χ1v) is 7.00. The largest absolute Gasteiger partial charge is 0.450 e. The number of aliphatic hydroxyl groups is 1. The minimum atomic E-state index is -0.695. The van der Waals surface area contributed by atoms with Crippen LogP contribution in [0.3, 0.4) is 0 Å². The molecule has 2 amide bonds. The quantitative estimate of drug-likeness (QED) is 0.752. The molecule has 0 radical (unpaired) electrons. The molecule has 0 aliphatic carbocycles. The highest BCUT2D eigenvalue weighted by Crippen LogP contribution is 2.16. The van der Waals surface area contributed by atoms with Crippen molar-refractivity contribution in [1.29, 1.82) is 0 Å². The fourth-order valence-electron chi connectivity index (χ4n) is 1.90. The number of ether oxygens (including phenoxy) is 1. The third-order valence-electron chi connectivity index (χ3n) is 3.03. The molecule has 0 bridgehead atoms. The van der Waals surface area contributed by atoms with Crippen molar-refractivity contribution in [2.75, 3.05) is 17.2 Å². The second kappa shape index (κ2) is 8.26. The molecule has 0 saturated carbocycles. The summed E-state index contributed by atoms with van der Waals surface area (Å²) < 4.78 is 4.77. The fraction of sp³-hybridized carbons (Fsp3) is 0.467. The van der Waals surface area contributed by atoms with Crippen LogP contribution in [0.4, 0.5) is 16.2 Å². The SMILES string of the molecule is CCOC(=O)Nc1ccc(NC(=O)[C@H](CC)[C@@H](C)O)cc1. The van der Waals surface area contributed by atoms with E-state index >= 15 is 0 Å². The van der Waals surface area contributed by atoms with Gasteiger partial charge in [0.15, 0.2) is 0 Å². The molecule has 0 spiro atoms. The Morgan fingerprint density at radius 1 is 1.14 bits per heavy atom. The van der Waals surface area contributed by atoms with Gasteiger partial charge in [-0.2, -0.15) is 0 Å². The second-order valence-corrected chi connectivity index (χ2v) is 4.67.